The van der Waals surface area contributed by atoms with E-state index in [1.807, 2.05) is 4.68 Å². The molecule has 11 heavy (non-hydrogen) atoms. The summed E-state index contributed by atoms with van der Waals surface area (Å²) < 4.78 is 1.82. The van der Waals surface area contributed by atoms with Crippen molar-refractivity contribution in [2.45, 2.75) is 19.1 Å². The topological polar surface area (TPSA) is 63.0 Å². The van der Waals surface area contributed by atoms with Gasteiger partial charge < -0.3 is 10.4 Å². The Kier molecular flexibility index (Phi) is 1.59. The van der Waals surface area contributed by atoms with E-state index in [1.54, 1.807) is 6.20 Å². The summed E-state index contributed by atoms with van der Waals surface area (Å²) in [6, 6.07) is 0.129. The van der Waals surface area contributed by atoms with Crippen molar-refractivity contribution < 1.29 is 5.11 Å². The van der Waals surface area contributed by atoms with Crippen molar-refractivity contribution in [1.82, 2.24) is 20.3 Å². The van der Waals surface area contributed by atoms with E-state index in [4.69, 9.17) is 5.11 Å². The Morgan fingerprint density at radius 2 is 2.73 bits per heavy atom. The lowest BCUT2D eigenvalue weighted by Gasteiger charge is -2.21. The number of nitrogens with zero attached hydrogens (tertiary/aromatic N) is 3. The average molecular weight is 154 g/mol. The first-order valence-electron chi connectivity index (χ1n) is 3.62. The predicted octanol–water partition coefficient (Wildman–Crippen LogP) is -1.26. The molecule has 0 fully saturated rings. The molecule has 1 aliphatic rings. The minimum atomic E-state index is 0.129. The van der Waals surface area contributed by atoms with E-state index in [0.717, 1.165) is 12.2 Å². The second-order valence-corrected chi connectivity index (χ2v) is 2.67. The fourth-order valence-corrected chi connectivity index (χ4v) is 1.21. The molecule has 5 nitrogen and oxygen atoms in total. The van der Waals surface area contributed by atoms with Crippen molar-refractivity contribution in [3.05, 3.63) is 11.9 Å². The number of aliphatic hydroxyl groups is 1. The van der Waals surface area contributed by atoms with Gasteiger partial charge in [0, 0.05) is 6.54 Å². The monoisotopic (exact) mass is 154 g/mol. The first-order chi connectivity index (χ1) is 5.40. The Hall–Kier alpha value is -0.940. The third-order valence-corrected chi connectivity index (χ3v) is 1.88. The van der Waals surface area contributed by atoms with Gasteiger partial charge in [-0.2, -0.15) is 0 Å². The Morgan fingerprint density at radius 3 is 3.55 bits per heavy atom. The van der Waals surface area contributed by atoms with Crippen LogP contribution in [0.5, 0.6) is 0 Å². The van der Waals surface area contributed by atoms with E-state index in [-0.39, 0.29) is 12.6 Å². The van der Waals surface area contributed by atoms with E-state index in [1.165, 1.54) is 0 Å². The SMILES string of the molecule is OCC1Cn2nncc2CN1. The zero-order valence-corrected chi connectivity index (χ0v) is 6.06. The molecule has 1 unspecified atom stereocenters. The molecular weight excluding hydrogens is 144 g/mol. The molecule has 1 aliphatic heterocycles. The number of rotatable bonds is 1. The number of hydrogen-bond acceptors (Lipinski definition) is 4. The van der Waals surface area contributed by atoms with Gasteiger partial charge in [-0.3, -0.25) is 0 Å². The maximum Gasteiger partial charge on any atom is 0.0738 e. The normalized spacial score (nSPS) is 23.2. The quantitative estimate of drug-likeness (QED) is 0.530. The van der Waals surface area contributed by atoms with E-state index >= 15 is 0 Å². The smallest absolute Gasteiger partial charge is 0.0738 e. The van der Waals surface area contributed by atoms with Crippen LogP contribution in [0.15, 0.2) is 6.20 Å². The third-order valence-electron chi connectivity index (χ3n) is 1.88. The van der Waals surface area contributed by atoms with Gasteiger partial charge in [0.25, 0.3) is 0 Å². The summed E-state index contributed by atoms with van der Waals surface area (Å²) >= 11 is 0. The third kappa shape index (κ3) is 1.12. The lowest BCUT2D eigenvalue weighted by Crippen LogP contribution is -2.41. The molecule has 0 bridgehead atoms. The minimum Gasteiger partial charge on any atom is -0.395 e. The van der Waals surface area contributed by atoms with E-state index < -0.39 is 0 Å². The average Bonchev–Trinajstić information content (AvgIpc) is 2.50. The van der Waals surface area contributed by atoms with Gasteiger partial charge in [-0.25, -0.2) is 4.68 Å². The highest BCUT2D eigenvalue weighted by molar-refractivity contribution is 4.97. The summed E-state index contributed by atoms with van der Waals surface area (Å²) in [7, 11) is 0. The Bertz CT molecular complexity index is 246. The molecular formula is C6H10N4O. The summed E-state index contributed by atoms with van der Waals surface area (Å²) in [5.74, 6) is 0. The van der Waals surface area contributed by atoms with E-state index in [2.05, 4.69) is 15.6 Å². The molecule has 60 valence electrons. The van der Waals surface area contributed by atoms with Crippen LogP contribution in [-0.4, -0.2) is 32.7 Å². The molecule has 0 spiro atoms. The second-order valence-electron chi connectivity index (χ2n) is 2.67. The fraction of sp³-hybridized carbons (Fsp3) is 0.667. The number of aromatic nitrogens is 3. The molecule has 1 aromatic rings. The number of hydrogen-bond donors (Lipinski definition) is 2. The molecule has 0 amide bonds. The summed E-state index contributed by atoms with van der Waals surface area (Å²) in [6.45, 7) is 1.61. The van der Waals surface area contributed by atoms with Gasteiger partial charge in [-0.05, 0) is 0 Å². The van der Waals surface area contributed by atoms with Crippen molar-refractivity contribution in [2.24, 2.45) is 0 Å². The molecule has 2 rings (SSSR count). The molecule has 0 saturated heterocycles. The fourth-order valence-electron chi connectivity index (χ4n) is 1.21. The summed E-state index contributed by atoms with van der Waals surface area (Å²) in [5, 5.41) is 19.6. The molecule has 0 radical (unpaired) electrons. The lowest BCUT2D eigenvalue weighted by molar-refractivity contribution is 0.209. The summed E-state index contributed by atoms with van der Waals surface area (Å²) in [4.78, 5) is 0. The van der Waals surface area contributed by atoms with Crippen LogP contribution < -0.4 is 5.32 Å². The van der Waals surface area contributed by atoms with Crippen LogP contribution in [0, 0.1) is 0 Å². The Morgan fingerprint density at radius 1 is 1.82 bits per heavy atom. The van der Waals surface area contributed by atoms with E-state index in [9.17, 15) is 0 Å². The van der Waals surface area contributed by atoms with Crippen LogP contribution in [0.3, 0.4) is 0 Å². The van der Waals surface area contributed by atoms with E-state index in [0.29, 0.717) is 6.54 Å². The molecule has 0 aliphatic carbocycles. The molecule has 2 N–H and O–H groups in total. The number of aliphatic hydroxyl groups excluding tert-OH is 1. The summed E-state index contributed by atoms with van der Waals surface area (Å²) in [5.41, 5.74) is 1.08. The largest absolute Gasteiger partial charge is 0.395 e. The van der Waals surface area contributed by atoms with Gasteiger partial charge in [0.05, 0.1) is 31.1 Å². The highest BCUT2D eigenvalue weighted by atomic mass is 16.3. The first kappa shape index (κ1) is 6.75. The molecule has 1 atom stereocenters. The zero-order chi connectivity index (χ0) is 7.68. The molecule has 0 aromatic carbocycles. The van der Waals surface area contributed by atoms with Gasteiger partial charge in [0.1, 0.15) is 0 Å². The molecule has 5 heteroatoms. The van der Waals surface area contributed by atoms with Crippen molar-refractivity contribution in [3.63, 3.8) is 0 Å². The van der Waals surface area contributed by atoms with Crippen LogP contribution in [0.2, 0.25) is 0 Å². The molecule has 2 heterocycles. The lowest BCUT2D eigenvalue weighted by atomic mass is 10.2. The first-order valence-corrected chi connectivity index (χ1v) is 3.62. The van der Waals surface area contributed by atoms with Crippen LogP contribution >= 0.6 is 0 Å². The van der Waals surface area contributed by atoms with Crippen LogP contribution in [0.1, 0.15) is 5.69 Å². The molecule has 1 aromatic heterocycles. The maximum atomic E-state index is 8.83. The minimum absolute atomic E-state index is 0.129. The Labute approximate surface area is 64.0 Å². The van der Waals surface area contributed by atoms with Gasteiger partial charge in [-0.15, -0.1) is 5.10 Å². The Balaban J connectivity index is 2.18. The highest BCUT2D eigenvalue weighted by Gasteiger charge is 2.16. The standard InChI is InChI=1S/C6H10N4O/c11-4-5-3-10-6(1-7-5)2-8-9-10/h2,5,7,11H,1,3-4H2. The van der Waals surface area contributed by atoms with Gasteiger partial charge >= 0.3 is 0 Å². The van der Waals surface area contributed by atoms with Crippen LogP contribution in [-0.2, 0) is 13.1 Å². The van der Waals surface area contributed by atoms with Gasteiger partial charge in [-0.1, -0.05) is 5.21 Å². The molecule has 0 saturated carbocycles. The van der Waals surface area contributed by atoms with Crippen molar-refractivity contribution in [2.75, 3.05) is 6.61 Å². The highest BCUT2D eigenvalue weighted by Crippen LogP contribution is 2.04. The number of nitrogens with one attached hydrogen (secondary N) is 1. The number of fused-ring (bicyclic) bond motifs is 1. The van der Waals surface area contributed by atoms with Crippen molar-refractivity contribution in [3.8, 4) is 0 Å². The van der Waals surface area contributed by atoms with Crippen molar-refractivity contribution >= 4 is 0 Å². The summed E-state index contributed by atoms with van der Waals surface area (Å²) in [6.07, 6.45) is 1.74. The van der Waals surface area contributed by atoms with Gasteiger partial charge in [0.15, 0.2) is 0 Å². The van der Waals surface area contributed by atoms with Gasteiger partial charge in [0.2, 0.25) is 0 Å². The van der Waals surface area contributed by atoms with Crippen LogP contribution in [0.25, 0.3) is 0 Å². The zero-order valence-electron chi connectivity index (χ0n) is 6.06. The van der Waals surface area contributed by atoms with Crippen molar-refractivity contribution in [1.29, 1.82) is 0 Å². The predicted molar refractivity (Wildman–Crippen MR) is 37.7 cm³/mol. The van der Waals surface area contributed by atoms with Crippen LogP contribution in [0.4, 0.5) is 0 Å². The second kappa shape index (κ2) is 2.60. The maximum absolute atomic E-state index is 8.83.